The molecule has 94 valence electrons. The first-order valence-corrected chi connectivity index (χ1v) is 5.70. The third-order valence-corrected chi connectivity index (χ3v) is 2.97. The molecule has 0 unspecified atom stereocenters. The lowest BCUT2D eigenvalue weighted by molar-refractivity contribution is -0.484. The molecule has 1 aliphatic rings. The second-order valence-corrected chi connectivity index (χ2v) is 4.37. The highest BCUT2D eigenvalue weighted by Crippen LogP contribution is 2.27. The highest BCUT2D eigenvalue weighted by atomic mass is 35.5. The van der Waals surface area contributed by atoms with Crippen molar-refractivity contribution in [2.75, 3.05) is 6.54 Å². The molecule has 18 heavy (non-hydrogen) atoms. The van der Waals surface area contributed by atoms with Gasteiger partial charge in [0.05, 0.1) is 5.92 Å². The number of carbonyl (C=O) groups excluding carboxylic acids is 1. The maximum absolute atomic E-state index is 11.0. The minimum Gasteiger partial charge on any atom is -0.454 e. The summed E-state index contributed by atoms with van der Waals surface area (Å²) in [6.07, 6.45) is 2.24. The molecule has 6 heteroatoms. The van der Waals surface area contributed by atoms with Gasteiger partial charge in [-0.2, -0.15) is 0 Å². The molecule has 1 heterocycles. The maximum atomic E-state index is 11.0. The van der Waals surface area contributed by atoms with Gasteiger partial charge in [0, 0.05) is 16.0 Å². The summed E-state index contributed by atoms with van der Waals surface area (Å²) < 4.78 is 5.02. The Morgan fingerprint density at radius 2 is 2.06 bits per heavy atom. The largest absolute Gasteiger partial charge is 0.454 e. The molecule has 1 aliphatic heterocycles. The van der Waals surface area contributed by atoms with E-state index in [0.717, 1.165) is 5.56 Å². The molecule has 0 aliphatic carbocycles. The van der Waals surface area contributed by atoms with Crippen molar-refractivity contribution >= 4 is 17.6 Å². The first-order valence-electron chi connectivity index (χ1n) is 5.32. The molecule has 2 atom stereocenters. The normalized spacial score (nSPS) is 19.6. The average molecular weight is 268 g/mol. The molecule has 5 nitrogen and oxygen atoms in total. The summed E-state index contributed by atoms with van der Waals surface area (Å²) in [6.45, 7) is -0.302. The highest BCUT2D eigenvalue weighted by Gasteiger charge is 2.31. The van der Waals surface area contributed by atoms with E-state index in [4.69, 9.17) is 16.3 Å². The first-order chi connectivity index (χ1) is 8.56. The molecule has 0 amide bonds. The van der Waals surface area contributed by atoms with Crippen LogP contribution in [-0.2, 0) is 9.53 Å². The second kappa shape index (κ2) is 5.18. The number of esters is 1. The van der Waals surface area contributed by atoms with Crippen molar-refractivity contribution in [3.05, 3.63) is 57.1 Å². The van der Waals surface area contributed by atoms with Gasteiger partial charge in [-0.3, -0.25) is 10.1 Å². The quantitative estimate of drug-likeness (QED) is 0.476. The van der Waals surface area contributed by atoms with Gasteiger partial charge in [0.1, 0.15) is 6.10 Å². The summed E-state index contributed by atoms with van der Waals surface area (Å²) in [6, 6.07) is 6.72. The zero-order valence-corrected chi connectivity index (χ0v) is 10.0. The molecular weight excluding hydrogens is 258 g/mol. The summed E-state index contributed by atoms with van der Waals surface area (Å²) >= 11 is 5.77. The van der Waals surface area contributed by atoms with Crippen LogP contribution < -0.4 is 0 Å². The number of hydrogen-bond acceptors (Lipinski definition) is 4. The van der Waals surface area contributed by atoms with Crippen molar-refractivity contribution < 1.29 is 14.5 Å². The molecule has 0 N–H and O–H groups in total. The van der Waals surface area contributed by atoms with Crippen LogP contribution in [0.3, 0.4) is 0 Å². The van der Waals surface area contributed by atoms with E-state index in [9.17, 15) is 14.9 Å². The summed E-state index contributed by atoms with van der Waals surface area (Å²) in [5, 5.41) is 11.3. The first kappa shape index (κ1) is 12.6. The van der Waals surface area contributed by atoms with Crippen molar-refractivity contribution in [1.29, 1.82) is 0 Å². The molecular formula is C12H10ClNO4. The van der Waals surface area contributed by atoms with Crippen LogP contribution in [0.2, 0.25) is 5.02 Å². The predicted octanol–water partition coefficient (Wildman–Crippen LogP) is 2.18. The Hall–Kier alpha value is -1.88. The third kappa shape index (κ3) is 2.87. The lowest BCUT2D eigenvalue weighted by Crippen LogP contribution is -2.25. The Morgan fingerprint density at radius 1 is 1.39 bits per heavy atom. The number of hydrogen-bond donors (Lipinski definition) is 0. The summed E-state index contributed by atoms with van der Waals surface area (Å²) in [4.78, 5) is 21.3. The topological polar surface area (TPSA) is 69.4 Å². The molecule has 0 aromatic heterocycles. The van der Waals surface area contributed by atoms with Crippen LogP contribution in [0.1, 0.15) is 11.5 Å². The molecule has 1 aromatic rings. The van der Waals surface area contributed by atoms with Crippen LogP contribution in [0.15, 0.2) is 36.4 Å². The smallest absolute Gasteiger partial charge is 0.331 e. The number of halogens is 1. The Bertz CT molecular complexity index is 497. The van der Waals surface area contributed by atoms with Crippen molar-refractivity contribution in [2.45, 2.75) is 12.0 Å². The number of nitrogens with zero attached hydrogens (tertiary/aromatic N) is 1. The number of nitro groups is 1. The van der Waals surface area contributed by atoms with E-state index in [-0.39, 0.29) is 6.54 Å². The summed E-state index contributed by atoms with van der Waals surface area (Å²) in [5.41, 5.74) is 0.723. The van der Waals surface area contributed by atoms with Crippen molar-refractivity contribution in [2.24, 2.45) is 0 Å². The molecule has 0 fully saturated rings. The Morgan fingerprint density at radius 3 is 2.56 bits per heavy atom. The van der Waals surface area contributed by atoms with Gasteiger partial charge >= 0.3 is 5.97 Å². The fourth-order valence-corrected chi connectivity index (χ4v) is 2.00. The minimum absolute atomic E-state index is 0.302. The summed E-state index contributed by atoms with van der Waals surface area (Å²) in [5.74, 6) is -0.970. The van der Waals surface area contributed by atoms with E-state index in [1.165, 1.54) is 6.08 Å². The Balaban J connectivity index is 2.24. The molecule has 0 spiro atoms. The van der Waals surface area contributed by atoms with Gasteiger partial charge < -0.3 is 4.74 Å². The van der Waals surface area contributed by atoms with Crippen LogP contribution in [0.5, 0.6) is 0 Å². The molecule has 2 rings (SSSR count). The predicted molar refractivity (Wildman–Crippen MR) is 65.1 cm³/mol. The third-order valence-electron chi connectivity index (χ3n) is 2.71. The Kier molecular flexibility index (Phi) is 3.62. The molecule has 0 saturated carbocycles. The van der Waals surface area contributed by atoms with Crippen LogP contribution >= 0.6 is 11.6 Å². The monoisotopic (exact) mass is 267 g/mol. The lowest BCUT2D eigenvalue weighted by Gasteiger charge is -2.18. The van der Waals surface area contributed by atoms with E-state index in [1.54, 1.807) is 30.3 Å². The van der Waals surface area contributed by atoms with Crippen molar-refractivity contribution in [3.8, 4) is 0 Å². The fourth-order valence-electron chi connectivity index (χ4n) is 1.87. The van der Waals surface area contributed by atoms with Crippen LogP contribution in [-0.4, -0.2) is 23.5 Å². The van der Waals surface area contributed by atoms with E-state index in [2.05, 4.69) is 0 Å². The van der Waals surface area contributed by atoms with Gasteiger partial charge in [-0.05, 0) is 23.8 Å². The number of carbonyl (C=O) groups is 1. The second-order valence-electron chi connectivity index (χ2n) is 3.93. The zero-order chi connectivity index (χ0) is 13.1. The number of ether oxygens (including phenoxy) is 1. The number of cyclic esters (lactones) is 1. The minimum atomic E-state index is -0.593. The Labute approximate surface area is 108 Å². The van der Waals surface area contributed by atoms with Crippen LogP contribution in [0.25, 0.3) is 0 Å². The zero-order valence-electron chi connectivity index (χ0n) is 9.28. The van der Waals surface area contributed by atoms with Gasteiger partial charge in [-0.15, -0.1) is 0 Å². The van der Waals surface area contributed by atoms with Gasteiger partial charge in [0.2, 0.25) is 6.54 Å². The average Bonchev–Trinajstić information content (AvgIpc) is 2.74. The number of rotatable bonds is 4. The van der Waals surface area contributed by atoms with E-state index >= 15 is 0 Å². The van der Waals surface area contributed by atoms with Gasteiger partial charge in [-0.1, -0.05) is 23.7 Å². The van der Waals surface area contributed by atoms with E-state index < -0.39 is 22.9 Å². The molecule has 0 radical (unpaired) electrons. The van der Waals surface area contributed by atoms with Crippen molar-refractivity contribution in [1.82, 2.24) is 0 Å². The van der Waals surface area contributed by atoms with E-state index in [1.807, 2.05) is 0 Å². The molecule has 0 saturated heterocycles. The van der Waals surface area contributed by atoms with Gasteiger partial charge in [0.25, 0.3) is 0 Å². The molecule has 0 bridgehead atoms. The van der Waals surface area contributed by atoms with Crippen molar-refractivity contribution in [3.63, 3.8) is 0 Å². The fraction of sp³-hybridized carbons (Fsp3) is 0.250. The number of benzene rings is 1. The maximum Gasteiger partial charge on any atom is 0.331 e. The van der Waals surface area contributed by atoms with E-state index in [0.29, 0.717) is 5.02 Å². The summed E-state index contributed by atoms with van der Waals surface area (Å²) in [7, 11) is 0. The lowest BCUT2D eigenvalue weighted by atomic mass is 9.93. The van der Waals surface area contributed by atoms with Crippen LogP contribution in [0, 0.1) is 10.1 Å². The standard InChI is InChI=1S/C12H10ClNO4/c13-9-3-1-8(2-4-9)10(7-14(16)17)11-5-6-12(15)18-11/h1-6,10-11H,7H2/t10-,11+/m0/s1. The molecule has 1 aromatic carbocycles. The highest BCUT2D eigenvalue weighted by molar-refractivity contribution is 6.30. The van der Waals surface area contributed by atoms with Crippen LogP contribution in [0.4, 0.5) is 0 Å². The van der Waals surface area contributed by atoms with Gasteiger partial charge in [-0.25, -0.2) is 4.79 Å². The van der Waals surface area contributed by atoms with Gasteiger partial charge in [0.15, 0.2) is 0 Å². The SMILES string of the molecule is O=C1C=C[C@H]([C@@H](C[N+](=O)[O-])c2ccc(Cl)cc2)O1.